The molecule has 14 nitrogen and oxygen atoms in total. The third kappa shape index (κ3) is 6.58. The van der Waals surface area contributed by atoms with E-state index in [0.717, 1.165) is 35.5 Å². The summed E-state index contributed by atoms with van der Waals surface area (Å²) < 4.78 is 42.0. The second kappa shape index (κ2) is 13.2. The molecule has 0 bridgehead atoms. The summed E-state index contributed by atoms with van der Waals surface area (Å²) in [4.78, 5) is 47.4. The topological polar surface area (TPSA) is 178 Å². The van der Waals surface area contributed by atoms with Gasteiger partial charge in [0.15, 0.2) is 0 Å². The normalized spacial score (nSPS) is 27.5. The smallest absolute Gasteiger partial charge is 0.303 e. The number of amides is 3. The van der Waals surface area contributed by atoms with Crippen LogP contribution in [0.5, 0.6) is 11.8 Å². The van der Waals surface area contributed by atoms with Gasteiger partial charge in [-0.05, 0) is 51.7 Å². The largest absolute Gasteiger partial charge is 0.494 e. The fourth-order valence-corrected chi connectivity index (χ4v) is 6.92. The molecule has 1 saturated carbocycles. The van der Waals surface area contributed by atoms with Crippen molar-refractivity contribution in [2.75, 3.05) is 27.7 Å². The SMILES string of the molecule is COc1cccc2c1nc(O[C@@H]1C[C@H]3C(=O)N[C@]4(C(=O)NS(=O)(=O)N(C)C)C[C@H]4C=CCCCCC[C@H](N)C(=O)N3C1)n2C(C)C. The fraction of sp³-hybridized carbons (Fsp3) is 0.613. The first-order valence-electron chi connectivity index (χ1n) is 15.8. The Labute approximate surface area is 269 Å². The minimum Gasteiger partial charge on any atom is -0.494 e. The predicted molar refractivity (Wildman–Crippen MR) is 171 cm³/mol. The molecule has 4 N–H and O–H groups in total. The molecule has 2 fully saturated rings. The average molecular weight is 660 g/mol. The van der Waals surface area contributed by atoms with Gasteiger partial charge in [-0.25, -0.2) is 4.72 Å². The van der Waals surface area contributed by atoms with Gasteiger partial charge in [-0.2, -0.15) is 17.7 Å². The van der Waals surface area contributed by atoms with Crippen LogP contribution in [0.4, 0.5) is 0 Å². The van der Waals surface area contributed by atoms with Crippen molar-refractivity contribution in [3.05, 3.63) is 30.4 Å². The van der Waals surface area contributed by atoms with Crippen molar-refractivity contribution in [1.82, 2.24) is 28.8 Å². The van der Waals surface area contributed by atoms with E-state index in [2.05, 4.69) is 10.0 Å². The zero-order valence-corrected chi connectivity index (χ0v) is 27.9. The van der Waals surface area contributed by atoms with Crippen LogP contribution in [0.1, 0.15) is 64.8 Å². The fourth-order valence-electron chi connectivity index (χ4n) is 6.33. The number of imidazole rings is 1. The van der Waals surface area contributed by atoms with Crippen LogP contribution in [0.25, 0.3) is 11.0 Å². The minimum absolute atomic E-state index is 0.0195. The number of ether oxygens (including phenoxy) is 2. The number of hydrogen-bond acceptors (Lipinski definition) is 9. The van der Waals surface area contributed by atoms with Crippen LogP contribution in [0.2, 0.25) is 0 Å². The van der Waals surface area contributed by atoms with Crippen molar-refractivity contribution in [2.24, 2.45) is 11.7 Å². The number of nitrogens with two attached hydrogens (primary N) is 1. The van der Waals surface area contributed by atoms with Crippen LogP contribution in [-0.2, 0) is 24.6 Å². The number of para-hydroxylation sites is 1. The third-order valence-corrected chi connectivity index (χ3v) is 10.5. The van der Waals surface area contributed by atoms with Crippen molar-refractivity contribution in [1.29, 1.82) is 0 Å². The number of nitrogens with zero attached hydrogens (tertiary/aromatic N) is 4. The van der Waals surface area contributed by atoms with Crippen LogP contribution in [-0.4, -0.2) is 96.4 Å². The van der Waals surface area contributed by atoms with E-state index in [-0.39, 0.29) is 31.3 Å². The van der Waals surface area contributed by atoms with Gasteiger partial charge in [-0.15, -0.1) is 0 Å². The molecule has 2 aliphatic heterocycles. The van der Waals surface area contributed by atoms with Crippen molar-refractivity contribution >= 4 is 39.0 Å². The van der Waals surface area contributed by atoms with Gasteiger partial charge in [-0.3, -0.25) is 19.0 Å². The van der Waals surface area contributed by atoms with Crippen molar-refractivity contribution in [3.8, 4) is 11.8 Å². The zero-order valence-electron chi connectivity index (χ0n) is 27.1. The number of aromatic nitrogens is 2. The minimum atomic E-state index is -4.11. The molecule has 1 saturated heterocycles. The number of fused-ring (bicyclic) bond motifs is 3. The quantitative estimate of drug-likeness (QED) is 0.373. The van der Waals surface area contributed by atoms with Gasteiger partial charge in [0.25, 0.3) is 11.9 Å². The summed E-state index contributed by atoms with van der Waals surface area (Å²) in [5, 5.41) is 2.84. The molecule has 0 radical (unpaired) electrons. The van der Waals surface area contributed by atoms with Gasteiger partial charge in [0.2, 0.25) is 11.8 Å². The number of rotatable bonds is 7. The lowest BCUT2D eigenvalue weighted by atomic mass is 10.1. The van der Waals surface area contributed by atoms with E-state index in [1.54, 1.807) is 7.11 Å². The number of carbonyl (C=O) groups excluding carboxylic acids is 3. The lowest BCUT2D eigenvalue weighted by Crippen LogP contribution is -2.58. The predicted octanol–water partition coefficient (Wildman–Crippen LogP) is 1.62. The van der Waals surface area contributed by atoms with Crippen LogP contribution in [0, 0.1) is 5.92 Å². The van der Waals surface area contributed by atoms with E-state index in [1.807, 2.05) is 48.8 Å². The molecule has 0 spiro atoms. The first-order chi connectivity index (χ1) is 21.8. The van der Waals surface area contributed by atoms with Gasteiger partial charge in [0.05, 0.1) is 25.2 Å². The Morgan fingerprint density at radius 3 is 2.67 bits per heavy atom. The number of nitrogens with one attached hydrogen (secondary N) is 2. The third-order valence-electron chi connectivity index (χ3n) is 9.05. The Kier molecular flexibility index (Phi) is 9.66. The summed E-state index contributed by atoms with van der Waals surface area (Å²) in [5.74, 6) is -1.59. The second-order valence-electron chi connectivity index (χ2n) is 12.8. The molecule has 15 heteroatoms. The molecule has 3 amide bonds. The average Bonchev–Trinajstić information content (AvgIpc) is 3.33. The van der Waals surface area contributed by atoms with E-state index in [1.165, 1.54) is 19.0 Å². The molecule has 1 aromatic carbocycles. The van der Waals surface area contributed by atoms with Crippen LogP contribution in [0.3, 0.4) is 0 Å². The van der Waals surface area contributed by atoms with Crippen LogP contribution < -0.4 is 25.2 Å². The molecule has 1 aromatic heterocycles. The van der Waals surface area contributed by atoms with E-state index in [9.17, 15) is 22.8 Å². The van der Waals surface area contributed by atoms with Crippen LogP contribution >= 0.6 is 0 Å². The van der Waals surface area contributed by atoms with Crippen LogP contribution in [0.15, 0.2) is 30.4 Å². The highest BCUT2D eigenvalue weighted by Gasteiger charge is 2.61. The number of hydrogen-bond donors (Lipinski definition) is 3. The van der Waals surface area contributed by atoms with E-state index >= 15 is 0 Å². The number of carbonyl (C=O) groups is 3. The molecule has 1 aliphatic carbocycles. The summed E-state index contributed by atoms with van der Waals surface area (Å²) in [6, 6.07) is 4.12. The number of benzene rings is 1. The molecule has 2 aromatic rings. The molecule has 46 heavy (non-hydrogen) atoms. The molecule has 3 heterocycles. The number of methoxy groups -OCH3 is 1. The van der Waals surface area contributed by atoms with E-state index in [4.69, 9.17) is 20.2 Å². The maximum Gasteiger partial charge on any atom is 0.303 e. The van der Waals surface area contributed by atoms with E-state index in [0.29, 0.717) is 23.7 Å². The summed E-state index contributed by atoms with van der Waals surface area (Å²) in [5.41, 5.74) is 6.34. The van der Waals surface area contributed by atoms with Gasteiger partial charge >= 0.3 is 10.2 Å². The molecular formula is C31H45N7O7S. The molecule has 252 valence electrons. The molecule has 5 rings (SSSR count). The first-order valence-corrected chi connectivity index (χ1v) is 17.2. The van der Waals surface area contributed by atoms with E-state index < -0.39 is 51.7 Å². The van der Waals surface area contributed by atoms with Crippen molar-refractivity contribution < 1.29 is 32.3 Å². The molecular weight excluding hydrogens is 614 g/mol. The zero-order chi connectivity index (χ0) is 33.4. The van der Waals surface area contributed by atoms with Gasteiger partial charge in [-0.1, -0.05) is 31.1 Å². The lowest BCUT2D eigenvalue weighted by molar-refractivity contribution is -0.140. The van der Waals surface area contributed by atoms with Gasteiger partial charge in [0.1, 0.15) is 29.0 Å². The maximum atomic E-state index is 14.0. The van der Waals surface area contributed by atoms with Crippen molar-refractivity contribution in [3.63, 3.8) is 0 Å². The van der Waals surface area contributed by atoms with Gasteiger partial charge < -0.3 is 25.4 Å². The Balaban J connectivity index is 1.46. The highest BCUT2D eigenvalue weighted by molar-refractivity contribution is 7.87. The van der Waals surface area contributed by atoms with Crippen molar-refractivity contribution in [2.45, 2.75) is 88.6 Å². The molecule has 0 unspecified atom stereocenters. The Bertz CT molecular complexity index is 1620. The summed E-state index contributed by atoms with van der Waals surface area (Å²) in [6.07, 6.45) is 7.27. The second-order valence-corrected chi connectivity index (χ2v) is 14.7. The number of allylic oxidation sites excluding steroid dienone is 1. The lowest BCUT2D eigenvalue weighted by Gasteiger charge is -2.28. The molecule has 5 atom stereocenters. The van der Waals surface area contributed by atoms with Gasteiger partial charge in [0, 0.05) is 32.5 Å². The summed E-state index contributed by atoms with van der Waals surface area (Å²) in [6.45, 7) is 4.09. The Morgan fingerprint density at radius 2 is 1.98 bits per heavy atom. The standard InChI is InChI=1S/C31H45N7O7S/c1-19(2)38-23-14-11-15-25(44-5)26(23)33-30(38)45-21-16-24-27(39)34-31(29(41)35-46(42,43)36(3)4)17-20(31)12-9-7-6-8-10-13-22(32)28(40)37(24)18-21/h9,11-12,14-15,19-22,24H,6-8,10,13,16-18,32H2,1-5H3,(H,34,39)(H,35,41)/t20-,21-,22+,24+,31-/m1/s1. The highest BCUT2D eigenvalue weighted by atomic mass is 32.2. The summed E-state index contributed by atoms with van der Waals surface area (Å²) in [7, 11) is 0.0795. The molecule has 3 aliphatic rings. The Morgan fingerprint density at radius 1 is 1.22 bits per heavy atom. The maximum absolute atomic E-state index is 14.0. The monoisotopic (exact) mass is 659 g/mol. The summed E-state index contributed by atoms with van der Waals surface area (Å²) >= 11 is 0. The Hall–Kier alpha value is -3.69. The highest BCUT2D eigenvalue weighted by Crippen LogP contribution is 2.46. The first kappa shape index (κ1) is 33.7.